The van der Waals surface area contributed by atoms with Gasteiger partial charge in [-0.3, -0.25) is 0 Å². The maximum absolute atomic E-state index is 12.2. The number of hydrogen-bond donors (Lipinski definition) is 2. The van der Waals surface area contributed by atoms with Gasteiger partial charge in [-0.15, -0.1) is 0 Å². The van der Waals surface area contributed by atoms with E-state index < -0.39 is 16.1 Å². The molecule has 1 atom stereocenters. The number of aromatic nitrogens is 1. The second-order valence-corrected chi connectivity index (χ2v) is 6.30. The Labute approximate surface area is 124 Å². The average Bonchev–Trinajstić information content (AvgIpc) is 2.99. The van der Waals surface area contributed by atoms with E-state index in [0.717, 1.165) is 12.1 Å². The van der Waals surface area contributed by atoms with Crippen LogP contribution in [0.15, 0.2) is 46.2 Å². The number of rotatable bonds is 7. The maximum Gasteiger partial charge on any atom is 0.258 e. The predicted octanol–water partition coefficient (Wildman–Crippen LogP) is 1.82. The van der Waals surface area contributed by atoms with Gasteiger partial charge in [0, 0.05) is 12.7 Å². The molecule has 0 saturated carbocycles. The highest BCUT2D eigenvalue weighted by Crippen LogP contribution is 2.16. The average molecular weight is 309 g/mol. The SMILES string of the molecule is CCNCc1ccc(S(=O)(=O)NC(C)c2ccco2)nc1. The molecule has 2 aromatic rings. The zero-order valence-electron chi connectivity index (χ0n) is 12.0. The maximum atomic E-state index is 12.2. The number of nitrogens with zero attached hydrogens (tertiary/aromatic N) is 1. The molecule has 2 aromatic heterocycles. The van der Waals surface area contributed by atoms with Crippen LogP contribution in [0.3, 0.4) is 0 Å². The smallest absolute Gasteiger partial charge is 0.258 e. The molecule has 7 heteroatoms. The molecule has 2 heterocycles. The van der Waals surface area contributed by atoms with Gasteiger partial charge >= 0.3 is 0 Å². The Kier molecular flexibility index (Phi) is 5.11. The fourth-order valence-electron chi connectivity index (χ4n) is 1.83. The van der Waals surface area contributed by atoms with Crippen molar-refractivity contribution < 1.29 is 12.8 Å². The summed E-state index contributed by atoms with van der Waals surface area (Å²) in [5.41, 5.74) is 0.940. The zero-order chi connectivity index (χ0) is 15.3. The number of pyridine rings is 1. The van der Waals surface area contributed by atoms with E-state index in [-0.39, 0.29) is 5.03 Å². The lowest BCUT2D eigenvalue weighted by Crippen LogP contribution is -2.27. The van der Waals surface area contributed by atoms with Crippen LogP contribution < -0.4 is 10.0 Å². The van der Waals surface area contributed by atoms with Crippen molar-refractivity contribution >= 4 is 10.0 Å². The van der Waals surface area contributed by atoms with Crippen LogP contribution in [0.1, 0.15) is 31.2 Å². The second kappa shape index (κ2) is 6.84. The van der Waals surface area contributed by atoms with Crippen molar-refractivity contribution in [3.8, 4) is 0 Å². The van der Waals surface area contributed by atoms with E-state index in [4.69, 9.17) is 4.42 Å². The van der Waals surface area contributed by atoms with Crippen LogP contribution in [0, 0.1) is 0 Å². The van der Waals surface area contributed by atoms with Crippen molar-refractivity contribution in [2.75, 3.05) is 6.54 Å². The Morgan fingerprint density at radius 1 is 1.33 bits per heavy atom. The highest BCUT2D eigenvalue weighted by molar-refractivity contribution is 7.89. The first kappa shape index (κ1) is 15.7. The summed E-state index contributed by atoms with van der Waals surface area (Å²) in [5, 5.41) is 3.16. The monoisotopic (exact) mass is 309 g/mol. The molecule has 0 amide bonds. The van der Waals surface area contributed by atoms with E-state index in [1.807, 2.05) is 6.92 Å². The van der Waals surface area contributed by atoms with Gasteiger partial charge in [0.15, 0.2) is 5.03 Å². The summed E-state index contributed by atoms with van der Waals surface area (Å²) < 4.78 is 32.2. The van der Waals surface area contributed by atoms with Crippen molar-refractivity contribution in [2.45, 2.75) is 31.5 Å². The number of furan rings is 1. The topological polar surface area (TPSA) is 84.2 Å². The molecule has 0 aliphatic heterocycles. The van der Waals surface area contributed by atoms with Gasteiger partial charge in [-0.2, -0.15) is 4.72 Å². The van der Waals surface area contributed by atoms with Crippen LogP contribution >= 0.6 is 0 Å². The van der Waals surface area contributed by atoms with Crippen LogP contribution in [0.25, 0.3) is 0 Å². The minimum absolute atomic E-state index is 0.00107. The molecule has 0 aromatic carbocycles. The third-order valence-corrected chi connectivity index (χ3v) is 4.41. The van der Waals surface area contributed by atoms with E-state index >= 15 is 0 Å². The van der Waals surface area contributed by atoms with E-state index in [1.54, 1.807) is 31.3 Å². The lowest BCUT2D eigenvalue weighted by atomic mass is 10.3. The van der Waals surface area contributed by atoms with Gasteiger partial charge in [0.1, 0.15) is 5.76 Å². The fraction of sp³-hybridized carbons (Fsp3) is 0.357. The highest BCUT2D eigenvalue weighted by atomic mass is 32.2. The van der Waals surface area contributed by atoms with Crippen molar-refractivity contribution in [2.24, 2.45) is 0 Å². The molecule has 0 aliphatic rings. The van der Waals surface area contributed by atoms with Crippen LogP contribution in [0.5, 0.6) is 0 Å². The van der Waals surface area contributed by atoms with Gasteiger partial charge in [0.05, 0.1) is 12.3 Å². The van der Waals surface area contributed by atoms with Crippen molar-refractivity contribution in [3.63, 3.8) is 0 Å². The highest BCUT2D eigenvalue weighted by Gasteiger charge is 2.20. The molecule has 6 nitrogen and oxygen atoms in total. The number of nitrogens with one attached hydrogen (secondary N) is 2. The minimum atomic E-state index is -3.66. The summed E-state index contributed by atoms with van der Waals surface area (Å²) in [6.07, 6.45) is 3.07. The first-order valence-electron chi connectivity index (χ1n) is 6.74. The molecular weight excluding hydrogens is 290 g/mol. The molecule has 2 rings (SSSR count). The van der Waals surface area contributed by atoms with Gasteiger partial charge < -0.3 is 9.73 Å². The quantitative estimate of drug-likeness (QED) is 0.815. The molecule has 1 unspecified atom stereocenters. The van der Waals surface area contributed by atoms with E-state index in [9.17, 15) is 8.42 Å². The summed E-state index contributed by atoms with van der Waals surface area (Å²) in [7, 11) is -3.66. The largest absolute Gasteiger partial charge is 0.468 e. The molecule has 0 spiro atoms. The molecule has 114 valence electrons. The number of hydrogen-bond acceptors (Lipinski definition) is 5. The first-order chi connectivity index (χ1) is 10.0. The third kappa shape index (κ3) is 4.13. The predicted molar refractivity (Wildman–Crippen MR) is 79.1 cm³/mol. The van der Waals surface area contributed by atoms with Crippen molar-refractivity contribution in [3.05, 3.63) is 48.0 Å². The molecule has 0 bridgehead atoms. The zero-order valence-corrected chi connectivity index (χ0v) is 12.9. The lowest BCUT2D eigenvalue weighted by Gasteiger charge is -2.11. The van der Waals surface area contributed by atoms with Gasteiger partial charge in [0.2, 0.25) is 0 Å². The van der Waals surface area contributed by atoms with Crippen LogP contribution in [-0.4, -0.2) is 19.9 Å². The summed E-state index contributed by atoms with van der Waals surface area (Å²) in [4.78, 5) is 4.02. The Morgan fingerprint density at radius 2 is 2.14 bits per heavy atom. The Bertz CT molecular complexity index is 651. The molecule has 0 radical (unpaired) electrons. The molecular formula is C14H19N3O3S. The summed E-state index contributed by atoms with van der Waals surface area (Å²) >= 11 is 0. The Balaban J connectivity index is 2.08. The normalized spacial score (nSPS) is 13.2. The van der Waals surface area contributed by atoms with Crippen LogP contribution in [-0.2, 0) is 16.6 Å². The van der Waals surface area contributed by atoms with Gasteiger partial charge in [-0.1, -0.05) is 13.0 Å². The van der Waals surface area contributed by atoms with E-state index in [1.165, 1.54) is 12.3 Å². The summed E-state index contributed by atoms with van der Waals surface area (Å²) in [6, 6.07) is 6.24. The summed E-state index contributed by atoms with van der Waals surface area (Å²) in [5.74, 6) is 0.558. The molecule has 0 fully saturated rings. The van der Waals surface area contributed by atoms with Gasteiger partial charge in [-0.25, -0.2) is 13.4 Å². The van der Waals surface area contributed by atoms with Gasteiger partial charge in [-0.05, 0) is 37.2 Å². The van der Waals surface area contributed by atoms with E-state index in [2.05, 4.69) is 15.0 Å². The molecule has 0 aliphatic carbocycles. The van der Waals surface area contributed by atoms with Gasteiger partial charge in [0.25, 0.3) is 10.0 Å². The van der Waals surface area contributed by atoms with Crippen LogP contribution in [0.2, 0.25) is 0 Å². The minimum Gasteiger partial charge on any atom is -0.468 e. The summed E-state index contributed by atoms with van der Waals surface area (Å²) in [6.45, 7) is 5.24. The second-order valence-electron chi connectivity index (χ2n) is 4.64. The lowest BCUT2D eigenvalue weighted by molar-refractivity contribution is 0.459. The fourth-order valence-corrected chi connectivity index (χ4v) is 2.97. The molecule has 2 N–H and O–H groups in total. The van der Waals surface area contributed by atoms with Crippen LogP contribution in [0.4, 0.5) is 0 Å². The number of sulfonamides is 1. The molecule has 21 heavy (non-hydrogen) atoms. The molecule has 0 saturated heterocycles. The van der Waals surface area contributed by atoms with Crippen molar-refractivity contribution in [1.29, 1.82) is 0 Å². The Hall–Kier alpha value is -1.70. The Morgan fingerprint density at radius 3 is 2.71 bits per heavy atom. The standard InChI is InChI=1S/C14H19N3O3S/c1-3-15-9-12-6-7-14(16-10-12)21(18,19)17-11(2)13-5-4-8-20-13/h4-8,10-11,15,17H,3,9H2,1-2H3. The third-order valence-electron chi connectivity index (χ3n) is 2.95. The van der Waals surface area contributed by atoms with Crippen molar-refractivity contribution in [1.82, 2.24) is 15.0 Å². The first-order valence-corrected chi connectivity index (χ1v) is 8.22. The van der Waals surface area contributed by atoms with E-state index in [0.29, 0.717) is 12.3 Å².